The molecule has 0 aliphatic rings. The highest BCUT2D eigenvalue weighted by molar-refractivity contribution is 5.93. The van der Waals surface area contributed by atoms with E-state index in [0.717, 1.165) is 5.69 Å². The van der Waals surface area contributed by atoms with Gasteiger partial charge in [0, 0.05) is 35.8 Å². The first kappa shape index (κ1) is 20.1. The Labute approximate surface area is 179 Å². The van der Waals surface area contributed by atoms with Gasteiger partial charge in [-0.3, -0.25) is 14.5 Å². The lowest BCUT2D eigenvalue weighted by atomic mass is 10.2. The molecular formula is C23H22N6O2. The van der Waals surface area contributed by atoms with Crippen LogP contribution in [0.2, 0.25) is 0 Å². The van der Waals surface area contributed by atoms with Gasteiger partial charge in [0.1, 0.15) is 11.6 Å². The topological polar surface area (TPSA) is 108 Å². The molecular weight excluding hydrogens is 392 g/mol. The largest absolute Gasteiger partial charge is 0.453 e. The smallest absolute Gasteiger partial charge is 0.248 e. The molecule has 3 heterocycles. The number of nitrogens with zero attached hydrogens (tertiary/aromatic N) is 4. The summed E-state index contributed by atoms with van der Waals surface area (Å²) in [6.07, 6.45) is 5.23. The van der Waals surface area contributed by atoms with Crippen molar-refractivity contribution in [3.8, 4) is 22.9 Å². The summed E-state index contributed by atoms with van der Waals surface area (Å²) in [6, 6.07) is 16.3. The van der Waals surface area contributed by atoms with E-state index in [-0.39, 0.29) is 6.04 Å². The number of carbonyl (C=O) groups excluding carboxylic acids is 1. The van der Waals surface area contributed by atoms with E-state index in [1.807, 2.05) is 49.0 Å². The number of anilines is 2. The highest BCUT2D eigenvalue weighted by Gasteiger charge is 2.16. The molecule has 0 saturated carbocycles. The lowest BCUT2D eigenvalue weighted by Crippen LogP contribution is -2.10. The quantitative estimate of drug-likeness (QED) is 0.459. The molecule has 156 valence electrons. The lowest BCUT2D eigenvalue weighted by molar-refractivity contribution is 0.100. The molecule has 0 spiro atoms. The zero-order valence-corrected chi connectivity index (χ0v) is 17.2. The average molecular weight is 414 g/mol. The van der Waals surface area contributed by atoms with Gasteiger partial charge in [-0.2, -0.15) is 5.10 Å². The van der Waals surface area contributed by atoms with Crippen LogP contribution in [0.3, 0.4) is 0 Å². The minimum absolute atomic E-state index is 0.173. The number of primary amides is 1. The van der Waals surface area contributed by atoms with Gasteiger partial charge in [0.2, 0.25) is 5.91 Å². The molecule has 3 aromatic heterocycles. The fourth-order valence-corrected chi connectivity index (χ4v) is 2.96. The maximum atomic E-state index is 11.4. The van der Waals surface area contributed by atoms with Crippen molar-refractivity contribution in [2.24, 2.45) is 5.73 Å². The van der Waals surface area contributed by atoms with Crippen molar-refractivity contribution in [3.05, 3.63) is 78.8 Å². The van der Waals surface area contributed by atoms with Crippen LogP contribution in [-0.4, -0.2) is 25.7 Å². The number of ether oxygens (including phenoxy) is 1. The van der Waals surface area contributed by atoms with Gasteiger partial charge in [0.25, 0.3) is 0 Å². The number of hydrogen-bond donors (Lipinski definition) is 2. The Morgan fingerprint density at radius 1 is 1.06 bits per heavy atom. The first-order chi connectivity index (χ1) is 15.0. The molecule has 4 aromatic rings. The molecule has 3 N–H and O–H groups in total. The molecule has 0 aliphatic carbocycles. The highest BCUT2D eigenvalue weighted by Crippen LogP contribution is 2.33. The standard InChI is InChI=1S/C23H22N6O2/c1-15(2)29-14-20(22(28-29)19-8-3-4-10-25-19)31-18-9-11-26-21(13-18)27-17-7-5-6-16(12-17)23(24)30/h3-15H,1-2H3,(H2,24,30)(H,26,27). The Kier molecular flexibility index (Phi) is 5.61. The minimum Gasteiger partial charge on any atom is -0.453 e. The van der Waals surface area contributed by atoms with E-state index in [9.17, 15) is 4.79 Å². The van der Waals surface area contributed by atoms with Crippen LogP contribution in [-0.2, 0) is 0 Å². The van der Waals surface area contributed by atoms with Crippen molar-refractivity contribution in [2.45, 2.75) is 19.9 Å². The molecule has 0 saturated heterocycles. The van der Waals surface area contributed by atoms with Gasteiger partial charge in [-0.05, 0) is 50.2 Å². The number of nitrogens with two attached hydrogens (primary N) is 1. The average Bonchev–Trinajstić information content (AvgIpc) is 3.19. The molecule has 1 amide bonds. The van der Waals surface area contributed by atoms with Crippen LogP contribution in [0.25, 0.3) is 11.4 Å². The van der Waals surface area contributed by atoms with Crippen LogP contribution in [0.15, 0.2) is 73.2 Å². The molecule has 0 unspecified atom stereocenters. The fraction of sp³-hybridized carbons (Fsp3) is 0.130. The van der Waals surface area contributed by atoms with Crippen molar-refractivity contribution >= 4 is 17.4 Å². The maximum Gasteiger partial charge on any atom is 0.248 e. The van der Waals surface area contributed by atoms with Gasteiger partial charge in [-0.1, -0.05) is 12.1 Å². The van der Waals surface area contributed by atoms with Crippen molar-refractivity contribution < 1.29 is 9.53 Å². The molecule has 8 nitrogen and oxygen atoms in total. The van der Waals surface area contributed by atoms with Gasteiger partial charge in [-0.15, -0.1) is 0 Å². The van der Waals surface area contributed by atoms with Crippen molar-refractivity contribution in [3.63, 3.8) is 0 Å². The monoisotopic (exact) mass is 414 g/mol. The molecule has 0 atom stereocenters. The van der Waals surface area contributed by atoms with Crippen LogP contribution < -0.4 is 15.8 Å². The third-order valence-electron chi connectivity index (χ3n) is 4.51. The van der Waals surface area contributed by atoms with Gasteiger partial charge >= 0.3 is 0 Å². The van der Waals surface area contributed by atoms with Crippen molar-refractivity contribution in [1.82, 2.24) is 19.7 Å². The molecule has 8 heteroatoms. The summed E-state index contributed by atoms with van der Waals surface area (Å²) >= 11 is 0. The predicted molar refractivity (Wildman–Crippen MR) is 118 cm³/mol. The maximum absolute atomic E-state index is 11.4. The van der Waals surface area contributed by atoms with E-state index < -0.39 is 5.91 Å². The number of carbonyl (C=O) groups is 1. The van der Waals surface area contributed by atoms with Gasteiger partial charge < -0.3 is 15.8 Å². The van der Waals surface area contributed by atoms with Gasteiger partial charge in [-0.25, -0.2) is 4.98 Å². The van der Waals surface area contributed by atoms with E-state index in [2.05, 4.69) is 20.4 Å². The number of rotatable bonds is 7. The summed E-state index contributed by atoms with van der Waals surface area (Å²) in [7, 11) is 0. The Balaban J connectivity index is 1.61. The summed E-state index contributed by atoms with van der Waals surface area (Å²) in [5, 5.41) is 7.81. The second kappa shape index (κ2) is 8.66. The van der Waals surface area contributed by atoms with Gasteiger partial charge in [0.05, 0.1) is 11.9 Å². The number of nitrogens with one attached hydrogen (secondary N) is 1. The lowest BCUT2D eigenvalue weighted by Gasteiger charge is -2.09. The second-order valence-corrected chi connectivity index (χ2v) is 7.18. The zero-order chi connectivity index (χ0) is 21.8. The number of aromatic nitrogens is 4. The number of benzene rings is 1. The molecule has 4 rings (SSSR count). The Bertz CT molecular complexity index is 1200. The molecule has 0 fully saturated rings. The first-order valence-electron chi connectivity index (χ1n) is 9.81. The summed E-state index contributed by atoms with van der Waals surface area (Å²) < 4.78 is 8.00. The van der Waals surface area contributed by atoms with E-state index in [1.165, 1.54) is 0 Å². The summed E-state index contributed by atoms with van der Waals surface area (Å²) in [5.41, 5.74) is 7.86. The van der Waals surface area contributed by atoms with Crippen LogP contribution in [0.1, 0.15) is 30.2 Å². The zero-order valence-electron chi connectivity index (χ0n) is 17.2. The molecule has 0 bridgehead atoms. The summed E-state index contributed by atoms with van der Waals surface area (Å²) in [5.74, 6) is 1.26. The molecule has 1 aromatic carbocycles. The van der Waals surface area contributed by atoms with Crippen molar-refractivity contribution in [2.75, 3.05) is 5.32 Å². The van der Waals surface area contributed by atoms with E-state index >= 15 is 0 Å². The normalized spacial score (nSPS) is 10.8. The van der Waals surface area contributed by atoms with Gasteiger partial charge in [0.15, 0.2) is 11.4 Å². The minimum atomic E-state index is -0.488. The molecule has 0 aliphatic heterocycles. The summed E-state index contributed by atoms with van der Waals surface area (Å²) in [6.45, 7) is 4.10. The first-order valence-corrected chi connectivity index (χ1v) is 9.81. The number of hydrogen-bond acceptors (Lipinski definition) is 6. The van der Waals surface area contributed by atoms with Crippen LogP contribution >= 0.6 is 0 Å². The van der Waals surface area contributed by atoms with Crippen LogP contribution in [0.4, 0.5) is 11.5 Å². The van der Waals surface area contributed by atoms with Crippen LogP contribution in [0.5, 0.6) is 11.5 Å². The fourth-order valence-electron chi connectivity index (χ4n) is 2.96. The SMILES string of the molecule is CC(C)n1cc(Oc2ccnc(Nc3cccc(C(N)=O)c3)c2)c(-c2ccccn2)n1. The van der Waals surface area contributed by atoms with E-state index in [4.69, 9.17) is 10.5 Å². The number of pyridine rings is 2. The molecule has 0 radical (unpaired) electrons. The van der Waals surface area contributed by atoms with Crippen LogP contribution in [0, 0.1) is 0 Å². The Morgan fingerprint density at radius 3 is 2.68 bits per heavy atom. The Morgan fingerprint density at radius 2 is 1.94 bits per heavy atom. The van der Waals surface area contributed by atoms with Crippen molar-refractivity contribution in [1.29, 1.82) is 0 Å². The van der Waals surface area contributed by atoms with E-state index in [0.29, 0.717) is 34.3 Å². The Hall–Kier alpha value is -4.20. The highest BCUT2D eigenvalue weighted by atomic mass is 16.5. The predicted octanol–water partition coefficient (Wildman–Crippen LogP) is 4.56. The summed E-state index contributed by atoms with van der Waals surface area (Å²) in [4.78, 5) is 20.1. The third kappa shape index (κ3) is 4.69. The second-order valence-electron chi connectivity index (χ2n) is 7.18. The molecule has 31 heavy (non-hydrogen) atoms. The van der Waals surface area contributed by atoms with E-state index in [1.54, 1.807) is 42.7 Å². The third-order valence-corrected chi connectivity index (χ3v) is 4.51. The number of amides is 1.